The molecule has 13 heteroatoms. The summed E-state index contributed by atoms with van der Waals surface area (Å²) in [6, 6.07) is 7.05. The van der Waals surface area contributed by atoms with Gasteiger partial charge < -0.3 is 14.9 Å². The molecule has 0 aliphatic heterocycles. The van der Waals surface area contributed by atoms with Crippen LogP contribution < -0.4 is 4.74 Å². The predicted molar refractivity (Wildman–Crippen MR) is 99.0 cm³/mol. The average Bonchev–Trinajstić information content (AvgIpc) is 2.53. The third-order valence-corrected chi connectivity index (χ3v) is 3.06. The van der Waals surface area contributed by atoms with Crippen LogP contribution in [0.5, 0.6) is 5.75 Å². The van der Waals surface area contributed by atoms with E-state index in [9.17, 15) is 22.8 Å². The molecule has 2 N–H and O–H groups in total. The van der Waals surface area contributed by atoms with E-state index in [1.54, 1.807) is 6.07 Å². The lowest BCUT2D eigenvalue weighted by molar-refractivity contribution is -0.274. The smallest absolute Gasteiger partial charge is 0.481 e. The molecule has 1 aliphatic rings. The highest BCUT2D eigenvalue weighted by Gasteiger charge is 2.34. The van der Waals surface area contributed by atoms with Crippen molar-refractivity contribution in [2.75, 3.05) is 0 Å². The van der Waals surface area contributed by atoms with Crippen molar-refractivity contribution in [3.8, 4) is 5.75 Å². The molecule has 1 aromatic rings. The summed E-state index contributed by atoms with van der Waals surface area (Å²) in [5, 5.41) is 17.5. The molecule has 2 rings (SSSR count). The number of carboxylic acids is 2. The van der Waals surface area contributed by atoms with Crippen LogP contribution >= 0.6 is 21.4 Å². The summed E-state index contributed by atoms with van der Waals surface area (Å²) in [6.07, 6.45) is -0.161. The summed E-state index contributed by atoms with van der Waals surface area (Å²) in [7, 11) is 4.81. The summed E-state index contributed by atoms with van der Waals surface area (Å²) < 4.78 is 56.5. The molecule has 0 spiro atoms. The molecule has 1 atom stereocenters. The minimum atomic E-state index is -4.60. The molecule has 1 unspecified atom stereocenters. The van der Waals surface area contributed by atoms with Gasteiger partial charge in [0.05, 0.1) is 5.41 Å². The zero-order valence-corrected chi connectivity index (χ0v) is 16.9. The van der Waals surface area contributed by atoms with Gasteiger partial charge in [0.1, 0.15) is 5.75 Å². The number of aliphatic carboxylic acids is 2. The lowest BCUT2D eigenvalue weighted by Crippen LogP contribution is -2.28. The van der Waals surface area contributed by atoms with Crippen LogP contribution in [0.15, 0.2) is 54.1 Å². The highest BCUT2D eigenvalue weighted by atomic mass is 36.0. The van der Waals surface area contributed by atoms with Crippen molar-refractivity contribution < 1.29 is 46.1 Å². The third kappa shape index (κ3) is 13.6. The van der Waals surface area contributed by atoms with Crippen molar-refractivity contribution in [2.45, 2.75) is 19.7 Å². The third-order valence-electron chi connectivity index (χ3n) is 3.06. The molecule has 0 saturated carbocycles. The molecule has 0 radical (unpaired) electrons. The number of carbonyl (C=O) groups is 2. The fourth-order valence-corrected chi connectivity index (χ4v) is 1.81. The van der Waals surface area contributed by atoms with Gasteiger partial charge in [-0.05, 0) is 25.5 Å². The number of allylic oxidation sites excluding steroid dienone is 2. The quantitative estimate of drug-likeness (QED) is 0.620. The number of para-hydroxylation sites is 1. The maximum Gasteiger partial charge on any atom is 0.573 e. The van der Waals surface area contributed by atoms with Crippen LogP contribution in [0.3, 0.4) is 0 Å². The van der Waals surface area contributed by atoms with Gasteiger partial charge in [-0.2, -0.15) is 8.42 Å². The summed E-state index contributed by atoms with van der Waals surface area (Å²) in [6.45, 7) is 1.50. The first kappa shape index (κ1) is 26.8. The Morgan fingerprint density at radius 3 is 2.00 bits per heavy atom. The Morgan fingerprint density at radius 1 is 1.14 bits per heavy atom. The number of carboxylic acid groups (broad SMARTS) is 2. The van der Waals surface area contributed by atoms with E-state index in [1.165, 1.54) is 49.4 Å². The topological polar surface area (TPSA) is 118 Å². The Bertz CT molecular complexity index is 860. The van der Waals surface area contributed by atoms with Gasteiger partial charge in [-0.15, -0.1) is 13.2 Å². The average molecular weight is 479 g/mol. The monoisotopic (exact) mass is 478 g/mol. The maximum atomic E-state index is 11.5. The van der Waals surface area contributed by atoms with Crippen LogP contribution in [0, 0.1) is 5.41 Å². The van der Waals surface area contributed by atoms with Crippen molar-refractivity contribution in [1.82, 2.24) is 0 Å². The van der Waals surface area contributed by atoms with E-state index < -0.39 is 32.0 Å². The standard InChI is InChI=1S/C9H10O4.C7H5F3O.Cl2O2S/c1-9(8(12)13)4-2-3-6(5-9)7(10)11;8-7(9,10)11-6-4-2-1-3-5-6;1-5(2,3)4/h2-4H,5H2,1H3,(H,10,11)(H,12,13);1-5H;. The fraction of sp³-hybridized carbons (Fsp3) is 0.250. The first-order chi connectivity index (χ1) is 13.0. The number of hydrogen-bond donors (Lipinski definition) is 2. The fourth-order valence-electron chi connectivity index (χ4n) is 1.81. The molecule has 162 valence electrons. The Labute approximate surface area is 172 Å². The van der Waals surface area contributed by atoms with Gasteiger partial charge in [0.2, 0.25) is 0 Å². The molecular weight excluding hydrogens is 464 g/mol. The summed E-state index contributed by atoms with van der Waals surface area (Å²) in [4.78, 5) is 21.3. The number of hydrogen-bond acceptors (Lipinski definition) is 5. The van der Waals surface area contributed by atoms with Crippen LogP contribution in [0.4, 0.5) is 13.2 Å². The maximum absolute atomic E-state index is 11.5. The van der Waals surface area contributed by atoms with Crippen LogP contribution in [-0.4, -0.2) is 36.9 Å². The van der Waals surface area contributed by atoms with Gasteiger partial charge in [0.25, 0.3) is 0 Å². The Balaban J connectivity index is 0.000000445. The van der Waals surface area contributed by atoms with E-state index in [4.69, 9.17) is 18.6 Å². The van der Waals surface area contributed by atoms with E-state index in [0.717, 1.165) is 0 Å². The van der Waals surface area contributed by atoms with Gasteiger partial charge >= 0.3 is 26.6 Å². The Morgan fingerprint density at radius 2 is 1.62 bits per heavy atom. The molecule has 7 nitrogen and oxygen atoms in total. The molecule has 0 bridgehead atoms. The van der Waals surface area contributed by atoms with E-state index in [0.29, 0.717) is 0 Å². The Hall–Kier alpha value is -2.24. The second-order valence-electron chi connectivity index (χ2n) is 5.49. The van der Waals surface area contributed by atoms with E-state index in [-0.39, 0.29) is 17.7 Å². The lowest BCUT2D eigenvalue weighted by Gasteiger charge is -2.23. The van der Waals surface area contributed by atoms with Gasteiger partial charge in [0.15, 0.2) is 0 Å². The minimum absolute atomic E-state index is 0.0359. The van der Waals surface area contributed by atoms with Crippen LogP contribution in [0.25, 0.3) is 0 Å². The lowest BCUT2D eigenvalue weighted by atomic mass is 9.80. The molecular formula is C16H15Cl2F3O7S. The zero-order chi connectivity index (χ0) is 22.9. The highest BCUT2D eigenvalue weighted by molar-refractivity contribution is 8.31. The van der Waals surface area contributed by atoms with E-state index in [1.807, 2.05) is 0 Å². The number of rotatable bonds is 3. The molecule has 0 heterocycles. The largest absolute Gasteiger partial charge is 0.573 e. The summed E-state index contributed by atoms with van der Waals surface area (Å²) in [5.74, 6) is -2.26. The molecule has 1 aliphatic carbocycles. The number of halogens is 5. The van der Waals surface area contributed by atoms with Crippen molar-refractivity contribution in [1.29, 1.82) is 0 Å². The molecule has 1 aromatic carbocycles. The zero-order valence-electron chi connectivity index (χ0n) is 14.6. The predicted octanol–water partition coefficient (Wildman–Crippen LogP) is 4.34. The second-order valence-corrected chi connectivity index (χ2v) is 9.16. The Kier molecular flexibility index (Phi) is 10.2. The van der Waals surface area contributed by atoms with Crippen LogP contribution in [0.1, 0.15) is 13.3 Å². The summed E-state index contributed by atoms with van der Waals surface area (Å²) >= 11 is 0. The highest BCUT2D eigenvalue weighted by Crippen LogP contribution is 2.31. The normalized spacial score (nSPS) is 18.2. The van der Waals surface area contributed by atoms with Gasteiger partial charge in [0, 0.05) is 26.9 Å². The van der Waals surface area contributed by atoms with Crippen molar-refractivity contribution >= 4 is 41.6 Å². The molecule has 0 aromatic heterocycles. The van der Waals surface area contributed by atoms with E-state index in [2.05, 4.69) is 26.1 Å². The van der Waals surface area contributed by atoms with Crippen molar-refractivity contribution in [2.24, 2.45) is 5.41 Å². The van der Waals surface area contributed by atoms with Crippen LogP contribution in [0.2, 0.25) is 0 Å². The SMILES string of the molecule is CC1(C(=O)O)C=CC=C(C(=O)O)C1.FC(F)(F)Oc1ccccc1.O=S(=O)(Cl)Cl. The minimum Gasteiger partial charge on any atom is -0.481 e. The first-order valence-corrected chi connectivity index (χ1v) is 10.5. The second kappa shape index (κ2) is 11.1. The van der Waals surface area contributed by atoms with Gasteiger partial charge in [-0.3, -0.25) is 4.79 Å². The number of ether oxygens (including phenoxy) is 1. The van der Waals surface area contributed by atoms with E-state index >= 15 is 0 Å². The van der Waals surface area contributed by atoms with Crippen LogP contribution in [-0.2, 0) is 17.9 Å². The van der Waals surface area contributed by atoms with Crippen molar-refractivity contribution in [3.05, 3.63) is 54.1 Å². The summed E-state index contributed by atoms with van der Waals surface area (Å²) in [5.41, 5.74) is -0.949. The number of alkyl halides is 3. The van der Waals surface area contributed by atoms with Gasteiger partial charge in [-0.1, -0.05) is 36.4 Å². The molecule has 29 heavy (non-hydrogen) atoms. The number of benzene rings is 1. The first-order valence-electron chi connectivity index (χ1n) is 7.33. The van der Waals surface area contributed by atoms with Gasteiger partial charge in [-0.25, -0.2) is 4.79 Å². The molecule has 0 fully saturated rings. The molecule has 0 saturated heterocycles. The van der Waals surface area contributed by atoms with Crippen molar-refractivity contribution in [3.63, 3.8) is 0 Å². The molecule has 0 amide bonds.